The summed E-state index contributed by atoms with van der Waals surface area (Å²) in [4.78, 5) is 16.6. The maximum Gasteiger partial charge on any atom is 0.271 e. The predicted octanol–water partition coefficient (Wildman–Crippen LogP) is 1.62. The highest BCUT2D eigenvalue weighted by molar-refractivity contribution is 7.15. The molecule has 0 atom stereocenters. The van der Waals surface area contributed by atoms with E-state index >= 15 is 0 Å². The second-order valence-electron chi connectivity index (χ2n) is 3.15. The average molecular weight is 221 g/mol. The smallest absolute Gasteiger partial charge is 0.271 e. The standard InChI is InChI=1S/C10H11N3OS/c1-3-4-11-9(14)8-5-13-7(2)6-15-10(13)12-8/h3,5-6H,1,4H2,2H3,(H,11,14). The van der Waals surface area contributed by atoms with Crippen LogP contribution in [0.2, 0.25) is 0 Å². The zero-order valence-corrected chi connectivity index (χ0v) is 9.17. The van der Waals surface area contributed by atoms with Crippen LogP contribution < -0.4 is 5.32 Å². The normalized spacial score (nSPS) is 10.5. The molecule has 0 unspecified atom stereocenters. The third-order valence-electron chi connectivity index (χ3n) is 2.03. The molecule has 2 aromatic rings. The third-order valence-corrected chi connectivity index (χ3v) is 2.99. The minimum absolute atomic E-state index is 0.162. The fourth-order valence-electron chi connectivity index (χ4n) is 1.26. The van der Waals surface area contributed by atoms with E-state index in [0.717, 1.165) is 10.7 Å². The molecule has 0 spiro atoms. The fraction of sp³-hybridized carbons (Fsp3) is 0.200. The maximum atomic E-state index is 11.6. The van der Waals surface area contributed by atoms with Gasteiger partial charge in [0.25, 0.3) is 5.91 Å². The van der Waals surface area contributed by atoms with Crippen molar-refractivity contribution in [3.8, 4) is 0 Å². The van der Waals surface area contributed by atoms with E-state index in [9.17, 15) is 4.79 Å². The van der Waals surface area contributed by atoms with Gasteiger partial charge in [0.15, 0.2) is 4.96 Å². The Hall–Kier alpha value is -1.62. The van der Waals surface area contributed by atoms with Crippen molar-refractivity contribution in [1.82, 2.24) is 14.7 Å². The number of carbonyl (C=O) groups excluding carboxylic acids is 1. The van der Waals surface area contributed by atoms with Crippen LogP contribution in [0.15, 0.2) is 24.2 Å². The second-order valence-corrected chi connectivity index (χ2v) is 3.99. The molecule has 0 radical (unpaired) electrons. The van der Waals surface area contributed by atoms with Gasteiger partial charge in [-0.3, -0.25) is 9.20 Å². The lowest BCUT2D eigenvalue weighted by Gasteiger charge is -1.96. The quantitative estimate of drug-likeness (QED) is 0.800. The zero-order chi connectivity index (χ0) is 10.8. The Morgan fingerprint density at radius 3 is 3.27 bits per heavy atom. The summed E-state index contributed by atoms with van der Waals surface area (Å²) in [6.07, 6.45) is 3.39. The van der Waals surface area contributed by atoms with E-state index in [-0.39, 0.29) is 5.91 Å². The van der Waals surface area contributed by atoms with E-state index in [1.54, 1.807) is 12.3 Å². The lowest BCUT2D eigenvalue weighted by atomic mass is 10.4. The molecule has 1 amide bonds. The minimum Gasteiger partial charge on any atom is -0.347 e. The number of fused-ring (bicyclic) bond motifs is 1. The number of carbonyl (C=O) groups is 1. The van der Waals surface area contributed by atoms with Crippen molar-refractivity contribution in [2.24, 2.45) is 0 Å². The van der Waals surface area contributed by atoms with Crippen molar-refractivity contribution in [1.29, 1.82) is 0 Å². The number of amides is 1. The summed E-state index contributed by atoms with van der Waals surface area (Å²) in [5.41, 5.74) is 1.54. The number of nitrogens with zero attached hydrogens (tertiary/aromatic N) is 2. The largest absolute Gasteiger partial charge is 0.347 e. The molecule has 0 bridgehead atoms. The van der Waals surface area contributed by atoms with Gasteiger partial charge < -0.3 is 5.32 Å². The monoisotopic (exact) mass is 221 g/mol. The third kappa shape index (κ3) is 1.78. The number of hydrogen-bond acceptors (Lipinski definition) is 3. The molecule has 15 heavy (non-hydrogen) atoms. The lowest BCUT2D eigenvalue weighted by Crippen LogP contribution is -2.23. The van der Waals surface area contributed by atoms with Crippen molar-refractivity contribution in [2.45, 2.75) is 6.92 Å². The number of aryl methyl sites for hydroxylation is 1. The molecule has 0 saturated heterocycles. The van der Waals surface area contributed by atoms with E-state index < -0.39 is 0 Å². The van der Waals surface area contributed by atoms with Crippen molar-refractivity contribution in [3.63, 3.8) is 0 Å². The first kappa shape index (κ1) is 9.92. The summed E-state index contributed by atoms with van der Waals surface area (Å²) in [6, 6.07) is 0. The summed E-state index contributed by atoms with van der Waals surface area (Å²) in [5.74, 6) is -0.162. The molecule has 78 valence electrons. The summed E-state index contributed by atoms with van der Waals surface area (Å²) >= 11 is 1.53. The minimum atomic E-state index is -0.162. The predicted molar refractivity (Wildman–Crippen MR) is 60.3 cm³/mol. The number of imidazole rings is 1. The summed E-state index contributed by atoms with van der Waals surface area (Å²) in [5, 5.41) is 4.70. The molecule has 0 aromatic carbocycles. The lowest BCUT2D eigenvalue weighted by molar-refractivity contribution is 0.0953. The molecule has 2 heterocycles. The van der Waals surface area contributed by atoms with Gasteiger partial charge in [-0.1, -0.05) is 6.08 Å². The second kappa shape index (κ2) is 3.86. The Morgan fingerprint density at radius 2 is 2.60 bits per heavy atom. The van der Waals surface area contributed by atoms with Gasteiger partial charge >= 0.3 is 0 Å². The first-order valence-corrected chi connectivity index (χ1v) is 5.42. The molecule has 0 aliphatic carbocycles. The maximum absolute atomic E-state index is 11.6. The number of thiazole rings is 1. The highest BCUT2D eigenvalue weighted by Crippen LogP contribution is 2.15. The molecule has 2 aromatic heterocycles. The van der Waals surface area contributed by atoms with Crippen molar-refractivity contribution in [2.75, 3.05) is 6.54 Å². The van der Waals surface area contributed by atoms with Gasteiger partial charge in [0.2, 0.25) is 0 Å². The van der Waals surface area contributed by atoms with Crippen molar-refractivity contribution in [3.05, 3.63) is 35.6 Å². The summed E-state index contributed by atoms with van der Waals surface area (Å²) in [6.45, 7) is 5.98. The molecule has 2 rings (SSSR count). The van der Waals surface area contributed by atoms with Crippen LogP contribution in [0.1, 0.15) is 16.2 Å². The van der Waals surface area contributed by atoms with Crippen LogP contribution in [0.5, 0.6) is 0 Å². The molecule has 4 nitrogen and oxygen atoms in total. The van der Waals surface area contributed by atoms with Crippen LogP contribution in [-0.2, 0) is 0 Å². The SMILES string of the molecule is C=CCNC(=O)c1cn2c(C)csc2n1. The summed E-state index contributed by atoms with van der Waals surface area (Å²) in [7, 11) is 0. The fourth-order valence-corrected chi connectivity index (χ4v) is 2.11. The van der Waals surface area contributed by atoms with Gasteiger partial charge in [-0.2, -0.15) is 0 Å². The van der Waals surface area contributed by atoms with Crippen LogP contribution in [0.4, 0.5) is 0 Å². The Bertz CT molecular complexity index is 512. The molecule has 1 N–H and O–H groups in total. The first-order valence-electron chi connectivity index (χ1n) is 4.54. The highest BCUT2D eigenvalue weighted by Gasteiger charge is 2.11. The van der Waals surface area contributed by atoms with Gasteiger partial charge in [-0.05, 0) is 6.92 Å². The van der Waals surface area contributed by atoms with Crippen LogP contribution >= 0.6 is 11.3 Å². The van der Waals surface area contributed by atoms with Crippen molar-refractivity contribution >= 4 is 22.2 Å². The Kier molecular flexibility index (Phi) is 2.55. The Morgan fingerprint density at radius 1 is 1.80 bits per heavy atom. The number of hydrogen-bond donors (Lipinski definition) is 1. The first-order chi connectivity index (χ1) is 7.22. The van der Waals surface area contributed by atoms with E-state index in [1.165, 1.54) is 11.3 Å². The zero-order valence-electron chi connectivity index (χ0n) is 8.36. The number of nitrogens with one attached hydrogen (secondary N) is 1. The van der Waals surface area contributed by atoms with E-state index in [4.69, 9.17) is 0 Å². The summed E-state index contributed by atoms with van der Waals surface area (Å²) < 4.78 is 1.91. The molecular formula is C10H11N3OS. The molecule has 0 saturated carbocycles. The van der Waals surface area contributed by atoms with Gasteiger partial charge in [0.1, 0.15) is 5.69 Å². The molecule has 0 fully saturated rings. The van der Waals surface area contributed by atoms with Crippen LogP contribution in [0, 0.1) is 6.92 Å². The molecule has 0 aliphatic rings. The van der Waals surface area contributed by atoms with E-state index in [2.05, 4.69) is 16.9 Å². The van der Waals surface area contributed by atoms with Gasteiger partial charge in [-0.25, -0.2) is 4.98 Å². The van der Waals surface area contributed by atoms with E-state index in [1.807, 2.05) is 16.7 Å². The average Bonchev–Trinajstić information content (AvgIpc) is 2.78. The van der Waals surface area contributed by atoms with Gasteiger partial charge in [-0.15, -0.1) is 17.9 Å². The van der Waals surface area contributed by atoms with Crippen molar-refractivity contribution < 1.29 is 4.79 Å². The van der Waals surface area contributed by atoms with E-state index in [0.29, 0.717) is 12.2 Å². The highest BCUT2D eigenvalue weighted by atomic mass is 32.1. The Labute approximate surface area is 91.3 Å². The van der Waals surface area contributed by atoms with Gasteiger partial charge in [0.05, 0.1) is 0 Å². The molecule has 5 heteroatoms. The number of aromatic nitrogens is 2. The molecular weight excluding hydrogens is 210 g/mol. The topological polar surface area (TPSA) is 46.4 Å². The Balaban J connectivity index is 2.28. The molecule has 0 aliphatic heterocycles. The number of rotatable bonds is 3. The van der Waals surface area contributed by atoms with Crippen LogP contribution in [0.25, 0.3) is 4.96 Å². The van der Waals surface area contributed by atoms with Crippen LogP contribution in [0.3, 0.4) is 0 Å². The van der Waals surface area contributed by atoms with Crippen LogP contribution in [-0.4, -0.2) is 21.8 Å². The van der Waals surface area contributed by atoms with Gasteiger partial charge in [0, 0.05) is 23.8 Å².